The third-order valence-corrected chi connectivity index (χ3v) is 3.94. The lowest BCUT2D eigenvalue weighted by Gasteiger charge is -2.14. The van der Waals surface area contributed by atoms with Crippen molar-refractivity contribution in [3.63, 3.8) is 0 Å². The summed E-state index contributed by atoms with van der Waals surface area (Å²) in [7, 11) is 0. The van der Waals surface area contributed by atoms with E-state index in [-0.39, 0.29) is 0 Å². The van der Waals surface area contributed by atoms with E-state index >= 15 is 0 Å². The molecule has 3 heterocycles. The van der Waals surface area contributed by atoms with Gasteiger partial charge in [-0.15, -0.1) is 0 Å². The first-order valence-electron chi connectivity index (χ1n) is 7.72. The van der Waals surface area contributed by atoms with Crippen LogP contribution in [0.4, 0.5) is 11.5 Å². The molecular formula is C18H17N5. The zero-order valence-electron chi connectivity index (χ0n) is 12.7. The van der Waals surface area contributed by atoms with Gasteiger partial charge in [-0.2, -0.15) is 0 Å². The number of aromatic nitrogens is 3. The van der Waals surface area contributed by atoms with Gasteiger partial charge in [0.1, 0.15) is 12.1 Å². The van der Waals surface area contributed by atoms with Crippen LogP contribution in [0.1, 0.15) is 12.1 Å². The Morgan fingerprint density at radius 3 is 2.96 bits per heavy atom. The predicted octanol–water partition coefficient (Wildman–Crippen LogP) is 3.15. The predicted molar refractivity (Wildman–Crippen MR) is 92.5 cm³/mol. The van der Waals surface area contributed by atoms with E-state index in [1.807, 2.05) is 24.3 Å². The molecule has 0 bridgehead atoms. The Balaban J connectivity index is 1.61. The first-order valence-corrected chi connectivity index (χ1v) is 7.72. The van der Waals surface area contributed by atoms with Gasteiger partial charge in [0, 0.05) is 29.9 Å². The second-order valence-corrected chi connectivity index (χ2v) is 5.51. The van der Waals surface area contributed by atoms with E-state index in [9.17, 15) is 0 Å². The van der Waals surface area contributed by atoms with E-state index in [4.69, 9.17) is 0 Å². The number of hydrogen-bond acceptors (Lipinski definition) is 5. The molecule has 0 fully saturated rings. The Kier molecular flexibility index (Phi) is 3.70. The molecule has 5 heteroatoms. The quantitative estimate of drug-likeness (QED) is 0.778. The Bertz CT molecular complexity index is 872. The maximum Gasteiger partial charge on any atom is 0.134 e. The van der Waals surface area contributed by atoms with Crippen LogP contribution in [-0.4, -0.2) is 28.0 Å². The fourth-order valence-corrected chi connectivity index (χ4v) is 2.75. The maximum atomic E-state index is 4.40. The van der Waals surface area contributed by atoms with Gasteiger partial charge >= 0.3 is 0 Å². The highest BCUT2D eigenvalue weighted by molar-refractivity contribution is 5.82. The number of pyridine rings is 1. The molecule has 3 aromatic rings. The van der Waals surface area contributed by atoms with Crippen molar-refractivity contribution in [2.75, 3.05) is 18.4 Å². The van der Waals surface area contributed by atoms with Crippen LogP contribution in [-0.2, 0) is 0 Å². The summed E-state index contributed by atoms with van der Waals surface area (Å²) in [6, 6.07) is 12.1. The summed E-state index contributed by atoms with van der Waals surface area (Å²) < 4.78 is 0. The van der Waals surface area contributed by atoms with Crippen LogP contribution in [0.3, 0.4) is 0 Å². The SMILES string of the molecule is C1=C(c2cc(Nc3ccc4cccnc4c3)ncn2)CCNC1. The fraction of sp³-hybridized carbons (Fsp3) is 0.167. The van der Waals surface area contributed by atoms with Crippen LogP contribution in [0, 0.1) is 0 Å². The number of nitrogens with one attached hydrogen (secondary N) is 2. The lowest BCUT2D eigenvalue weighted by molar-refractivity contribution is 0.736. The summed E-state index contributed by atoms with van der Waals surface area (Å²) in [4.78, 5) is 13.1. The molecule has 4 rings (SSSR count). The molecular weight excluding hydrogens is 286 g/mol. The second kappa shape index (κ2) is 6.14. The molecule has 23 heavy (non-hydrogen) atoms. The zero-order valence-corrected chi connectivity index (χ0v) is 12.7. The number of benzene rings is 1. The molecule has 0 aliphatic carbocycles. The molecule has 1 aliphatic rings. The summed E-state index contributed by atoms with van der Waals surface area (Å²) in [6.07, 6.45) is 6.60. The average molecular weight is 303 g/mol. The highest BCUT2D eigenvalue weighted by Gasteiger charge is 2.08. The smallest absolute Gasteiger partial charge is 0.134 e. The molecule has 2 aromatic heterocycles. The first-order chi connectivity index (χ1) is 11.4. The zero-order chi connectivity index (χ0) is 15.5. The number of nitrogens with zero attached hydrogens (tertiary/aromatic N) is 3. The largest absolute Gasteiger partial charge is 0.340 e. The molecule has 2 N–H and O–H groups in total. The minimum absolute atomic E-state index is 0.796. The molecule has 1 aliphatic heterocycles. The van der Waals surface area contributed by atoms with Gasteiger partial charge in [-0.3, -0.25) is 4.98 Å². The monoisotopic (exact) mass is 303 g/mol. The summed E-state index contributed by atoms with van der Waals surface area (Å²) >= 11 is 0. The van der Waals surface area contributed by atoms with Crippen molar-refractivity contribution in [1.82, 2.24) is 20.3 Å². The van der Waals surface area contributed by atoms with Crippen LogP contribution >= 0.6 is 0 Å². The molecule has 0 saturated carbocycles. The maximum absolute atomic E-state index is 4.40. The van der Waals surface area contributed by atoms with Gasteiger partial charge in [0.2, 0.25) is 0 Å². The normalized spacial score (nSPS) is 14.5. The highest BCUT2D eigenvalue weighted by atomic mass is 15.0. The fourth-order valence-electron chi connectivity index (χ4n) is 2.75. The number of anilines is 2. The van der Waals surface area contributed by atoms with Gasteiger partial charge in [-0.25, -0.2) is 9.97 Å². The van der Waals surface area contributed by atoms with Gasteiger partial charge < -0.3 is 10.6 Å². The molecule has 1 aromatic carbocycles. The van der Waals surface area contributed by atoms with E-state index < -0.39 is 0 Å². The minimum atomic E-state index is 0.796. The minimum Gasteiger partial charge on any atom is -0.340 e. The topological polar surface area (TPSA) is 62.7 Å². The van der Waals surface area contributed by atoms with E-state index in [1.54, 1.807) is 12.5 Å². The van der Waals surface area contributed by atoms with Crippen LogP contribution in [0.2, 0.25) is 0 Å². The Morgan fingerprint density at radius 1 is 1.04 bits per heavy atom. The Labute approximate surface area is 134 Å². The summed E-state index contributed by atoms with van der Waals surface area (Å²) in [5, 5.41) is 7.78. The second-order valence-electron chi connectivity index (χ2n) is 5.51. The van der Waals surface area contributed by atoms with Gasteiger partial charge in [-0.1, -0.05) is 18.2 Å². The van der Waals surface area contributed by atoms with Crippen LogP contribution in [0.15, 0.2) is 55.0 Å². The Morgan fingerprint density at radius 2 is 2.04 bits per heavy atom. The number of fused-ring (bicyclic) bond motifs is 1. The van der Waals surface area contributed by atoms with Crippen molar-refractivity contribution in [3.8, 4) is 0 Å². The lowest BCUT2D eigenvalue weighted by atomic mass is 10.1. The van der Waals surface area contributed by atoms with E-state index in [0.717, 1.165) is 47.6 Å². The molecule has 0 radical (unpaired) electrons. The van der Waals surface area contributed by atoms with Crippen molar-refractivity contribution >= 4 is 28.0 Å². The third-order valence-electron chi connectivity index (χ3n) is 3.94. The molecule has 0 unspecified atom stereocenters. The van der Waals surface area contributed by atoms with Crippen molar-refractivity contribution in [1.29, 1.82) is 0 Å². The van der Waals surface area contributed by atoms with E-state index in [1.165, 1.54) is 5.57 Å². The van der Waals surface area contributed by atoms with Gasteiger partial charge in [-0.05, 0) is 36.7 Å². The molecule has 0 amide bonds. The summed E-state index contributed by atoms with van der Waals surface area (Å²) in [5.41, 5.74) is 4.20. The van der Waals surface area contributed by atoms with Crippen LogP contribution in [0.5, 0.6) is 0 Å². The van der Waals surface area contributed by atoms with Gasteiger partial charge in [0.25, 0.3) is 0 Å². The van der Waals surface area contributed by atoms with Gasteiger partial charge in [0.15, 0.2) is 0 Å². The lowest BCUT2D eigenvalue weighted by Crippen LogP contribution is -2.20. The van der Waals surface area contributed by atoms with Crippen molar-refractivity contribution in [2.45, 2.75) is 6.42 Å². The Hall–Kier alpha value is -2.79. The van der Waals surface area contributed by atoms with Crippen molar-refractivity contribution in [2.24, 2.45) is 0 Å². The van der Waals surface area contributed by atoms with Crippen LogP contribution in [0.25, 0.3) is 16.5 Å². The number of rotatable bonds is 3. The van der Waals surface area contributed by atoms with E-state index in [2.05, 4.69) is 43.8 Å². The highest BCUT2D eigenvalue weighted by Crippen LogP contribution is 2.23. The molecule has 0 spiro atoms. The third kappa shape index (κ3) is 3.05. The standard InChI is InChI=1S/C18H17N5/c1-2-13-3-4-15(10-16(13)20-7-1)23-18-11-17(21-12-22-18)14-5-8-19-9-6-14/h1-5,7,10-12,19H,6,8-9H2,(H,21,22,23). The summed E-state index contributed by atoms with van der Waals surface area (Å²) in [6.45, 7) is 1.90. The van der Waals surface area contributed by atoms with E-state index in [0.29, 0.717) is 0 Å². The van der Waals surface area contributed by atoms with Crippen LogP contribution < -0.4 is 10.6 Å². The summed E-state index contributed by atoms with van der Waals surface area (Å²) in [5.74, 6) is 0.796. The molecule has 5 nitrogen and oxygen atoms in total. The van der Waals surface area contributed by atoms with Gasteiger partial charge in [0.05, 0.1) is 11.2 Å². The molecule has 114 valence electrons. The van der Waals surface area contributed by atoms with Crippen molar-refractivity contribution in [3.05, 3.63) is 60.7 Å². The molecule has 0 atom stereocenters. The average Bonchev–Trinajstić information content (AvgIpc) is 2.63. The first kappa shape index (κ1) is 13.8. The number of hydrogen-bond donors (Lipinski definition) is 2. The molecule has 0 saturated heterocycles. The van der Waals surface area contributed by atoms with Crippen molar-refractivity contribution < 1.29 is 0 Å².